The van der Waals surface area contributed by atoms with E-state index < -0.39 is 47.8 Å². The Bertz CT molecular complexity index is 860. The molecule has 1 aliphatic heterocycles. The third kappa shape index (κ3) is 4.73. The predicted molar refractivity (Wildman–Crippen MR) is 90.4 cm³/mol. The fourth-order valence-corrected chi connectivity index (χ4v) is 2.72. The molecule has 1 heterocycles. The first-order valence-corrected chi connectivity index (χ1v) is 8.16. The molecular weight excluding hydrogens is 379 g/mol. The molecule has 28 heavy (non-hydrogen) atoms. The molecule has 0 saturated carbocycles. The van der Waals surface area contributed by atoms with Crippen molar-refractivity contribution in [2.45, 2.75) is 19.5 Å². The summed E-state index contributed by atoms with van der Waals surface area (Å²) >= 11 is 0. The van der Waals surface area contributed by atoms with Gasteiger partial charge < -0.3 is 15.0 Å². The Hall–Kier alpha value is -3.22. The van der Waals surface area contributed by atoms with Crippen molar-refractivity contribution < 1.29 is 32.3 Å². The first-order chi connectivity index (χ1) is 13.0. The minimum Gasteiger partial charge on any atom is -0.457 e. The van der Waals surface area contributed by atoms with Crippen molar-refractivity contribution in [3.8, 4) is 6.07 Å². The number of hydrogen-bond acceptors (Lipinski definition) is 6. The molecular formula is C18H16F3N3O4. The predicted octanol–water partition coefficient (Wildman–Crippen LogP) is 2.35. The van der Waals surface area contributed by atoms with Gasteiger partial charge in [-0.2, -0.15) is 18.4 Å². The van der Waals surface area contributed by atoms with Gasteiger partial charge in [0.15, 0.2) is 12.4 Å². The normalized spacial score (nSPS) is 17.8. The van der Waals surface area contributed by atoms with Crippen LogP contribution in [0.2, 0.25) is 0 Å². The number of nitriles is 1. The molecule has 1 aliphatic rings. The van der Waals surface area contributed by atoms with Crippen LogP contribution >= 0.6 is 0 Å². The molecule has 0 aliphatic carbocycles. The summed E-state index contributed by atoms with van der Waals surface area (Å²) in [4.78, 5) is 37.1. The molecule has 1 saturated heterocycles. The lowest BCUT2D eigenvalue weighted by molar-refractivity contribution is -0.152. The number of anilines is 1. The monoisotopic (exact) mass is 395 g/mol. The summed E-state index contributed by atoms with van der Waals surface area (Å²) in [5, 5.41) is 16.2. The van der Waals surface area contributed by atoms with Crippen molar-refractivity contribution in [2.24, 2.45) is 11.8 Å². The number of halogens is 3. The van der Waals surface area contributed by atoms with Gasteiger partial charge in [0.25, 0.3) is 0 Å². The van der Waals surface area contributed by atoms with Crippen molar-refractivity contribution in [1.82, 2.24) is 0 Å². The van der Waals surface area contributed by atoms with Crippen LogP contribution in [0, 0.1) is 28.6 Å². The second-order valence-corrected chi connectivity index (χ2v) is 6.27. The third-order valence-electron chi connectivity index (χ3n) is 4.18. The molecule has 1 aromatic carbocycles. The van der Waals surface area contributed by atoms with Gasteiger partial charge in [0, 0.05) is 24.4 Å². The second kappa shape index (κ2) is 8.21. The number of benzene rings is 1. The number of nitrogens with one attached hydrogen (secondary N) is 1. The average Bonchev–Trinajstić information content (AvgIpc) is 3.01. The number of rotatable bonds is 6. The highest BCUT2D eigenvalue weighted by Crippen LogP contribution is 2.33. The van der Waals surface area contributed by atoms with Crippen LogP contribution in [0.4, 0.5) is 18.9 Å². The topological polar surface area (TPSA) is 111 Å². The number of ether oxygens (including phenoxy) is 1. The number of nitrogens with zero attached hydrogens (tertiary/aromatic N) is 2. The zero-order valence-corrected chi connectivity index (χ0v) is 14.7. The zero-order chi connectivity index (χ0) is 21.1. The van der Waals surface area contributed by atoms with Gasteiger partial charge in [0.1, 0.15) is 5.92 Å². The SMILES string of the molecule is CC(=N)C(C#N)C(=O)COC(=O)[C@@H]1CC(=O)N(c2cccc(C(F)(F)F)c2)C1. The van der Waals surface area contributed by atoms with Crippen LogP contribution in [0.5, 0.6) is 0 Å². The Labute approximate surface area is 158 Å². The summed E-state index contributed by atoms with van der Waals surface area (Å²) in [7, 11) is 0. The first-order valence-electron chi connectivity index (χ1n) is 8.16. The molecule has 7 nitrogen and oxygen atoms in total. The largest absolute Gasteiger partial charge is 0.457 e. The maximum atomic E-state index is 12.8. The molecule has 1 fully saturated rings. The Morgan fingerprint density at radius 1 is 1.43 bits per heavy atom. The molecule has 0 radical (unpaired) electrons. The van der Waals surface area contributed by atoms with Crippen LogP contribution in [0.1, 0.15) is 18.9 Å². The standard InChI is InChI=1S/C18H16F3N3O4/c1-10(23)14(7-22)15(25)9-28-17(27)11-5-16(26)24(8-11)13-4-2-3-12(6-13)18(19,20)21/h2-4,6,11,14,23H,5,8-9H2,1H3/t11-,14?/m1/s1. The van der Waals surface area contributed by atoms with Crippen LogP contribution < -0.4 is 4.90 Å². The minimum atomic E-state index is -4.57. The van der Waals surface area contributed by atoms with E-state index in [2.05, 4.69) is 0 Å². The van der Waals surface area contributed by atoms with Crippen LogP contribution in [0.3, 0.4) is 0 Å². The van der Waals surface area contributed by atoms with E-state index in [0.717, 1.165) is 23.1 Å². The molecule has 2 atom stereocenters. The van der Waals surface area contributed by atoms with E-state index in [9.17, 15) is 27.6 Å². The second-order valence-electron chi connectivity index (χ2n) is 6.27. The average molecular weight is 395 g/mol. The highest BCUT2D eigenvalue weighted by molar-refractivity contribution is 6.06. The minimum absolute atomic E-state index is 0.00942. The molecule has 0 aromatic heterocycles. The van der Waals surface area contributed by atoms with Crippen LogP contribution in [-0.4, -0.2) is 36.5 Å². The molecule has 1 N–H and O–H groups in total. The van der Waals surface area contributed by atoms with Gasteiger partial charge in [0.05, 0.1) is 17.6 Å². The maximum Gasteiger partial charge on any atom is 0.416 e. The molecule has 1 unspecified atom stereocenters. The summed E-state index contributed by atoms with van der Waals surface area (Å²) in [5.74, 6) is -4.44. The maximum absolute atomic E-state index is 12.8. The van der Waals surface area contributed by atoms with Crippen LogP contribution in [0.25, 0.3) is 0 Å². The number of Topliss-reactive ketones (excluding diaryl/α,β-unsaturated/α-hetero) is 1. The lowest BCUT2D eigenvalue weighted by Gasteiger charge is -2.18. The quantitative estimate of drug-likeness (QED) is 0.587. The van der Waals surface area contributed by atoms with Crippen molar-refractivity contribution in [2.75, 3.05) is 18.1 Å². The Morgan fingerprint density at radius 3 is 2.68 bits per heavy atom. The van der Waals surface area contributed by atoms with Gasteiger partial charge in [-0.1, -0.05) is 6.07 Å². The fourth-order valence-electron chi connectivity index (χ4n) is 2.72. The van der Waals surface area contributed by atoms with Crippen molar-refractivity contribution in [3.05, 3.63) is 29.8 Å². The van der Waals surface area contributed by atoms with E-state index in [0.29, 0.717) is 0 Å². The Balaban J connectivity index is 2.03. The van der Waals surface area contributed by atoms with Gasteiger partial charge in [-0.15, -0.1) is 0 Å². The molecule has 0 spiro atoms. The van der Waals surface area contributed by atoms with Crippen molar-refractivity contribution in [1.29, 1.82) is 10.7 Å². The number of carbonyl (C=O) groups is 3. The molecule has 1 amide bonds. The smallest absolute Gasteiger partial charge is 0.416 e. The molecule has 2 rings (SSSR count). The summed E-state index contributed by atoms with van der Waals surface area (Å²) in [6, 6.07) is 5.81. The number of amides is 1. The van der Waals surface area contributed by atoms with E-state index in [1.54, 1.807) is 6.07 Å². The van der Waals surface area contributed by atoms with E-state index in [1.165, 1.54) is 13.0 Å². The third-order valence-corrected chi connectivity index (χ3v) is 4.18. The number of alkyl halides is 3. The molecule has 10 heteroatoms. The highest BCUT2D eigenvalue weighted by atomic mass is 19.4. The van der Waals surface area contributed by atoms with Gasteiger partial charge in [0.2, 0.25) is 5.91 Å². The molecule has 0 bridgehead atoms. The Morgan fingerprint density at radius 2 is 2.11 bits per heavy atom. The van der Waals surface area contributed by atoms with Gasteiger partial charge in [-0.05, 0) is 25.1 Å². The lowest BCUT2D eigenvalue weighted by Crippen LogP contribution is -2.29. The Kier molecular flexibility index (Phi) is 6.18. The van der Waals surface area contributed by atoms with E-state index in [1.807, 2.05) is 0 Å². The molecule has 1 aromatic rings. The number of esters is 1. The van der Waals surface area contributed by atoms with E-state index >= 15 is 0 Å². The zero-order valence-electron chi connectivity index (χ0n) is 14.7. The number of ketones is 1. The number of hydrogen-bond donors (Lipinski definition) is 1. The van der Waals surface area contributed by atoms with Crippen LogP contribution in [0.15, 0.2) is 24.3 Å². The summed E-state index contributed by atoms with van der Waals surface area (Å²) < 4.78 is 43.3. The van der Waals surface area contributed by atoms with E-state index in [-0.39, 0.29) is 24.4 Å². The summed E-state index contributed by atoms with van der Waals surface area (Å²) in [5.41, 5.74) is -1.09. The van der Waals surface area contributed by atoms with Gasteiger partial charge in [-0.25, -0.2) is 0 Å². The van der Waals surface area contributed by atoms with Crippen LogP contribution in [-0.2, 0) is 25.3 Å². The van der Waals surface area contributed by atoms with E-state index in [4.69, 9.17) is 15.4 Å². The van der Waals surface area contributed by atoms with Crippen molar-refractivity contribution in [3.63, 3.8) is 0 Å². The summed E-state index contributed by atoms with van der Waals surface area (Å²) in [6.07, 6.45) is -4.84. The first kappa shape index (κ1) is 21.1. The number of carbonyl (C=O) groups excluding carboxylic acids is 3. The molecule has 148 valence electrons. The fraction of sp³-hybridized carbons (Fsp3) is 0.389. The summed E-state index contributed by atoms with van der Waals surface area (Å²) in [6.45, 7) is 0.371. The van der Waals surface area contributed by atoms with Gasteiger partial charge in [-0.3, -0.25) is 14.4 Å². The lowest BCUT2D eigenvalue weighted by atomic mass is 10.0. The van der Waals surface area contributed by atoms with Gasteiger partial charge >= 0.3 is 12.1 Å². The highest BCUT2D eigenvalue weighted by Gasteiger charge is 2.38. The van der Waals surface area contributed by atoms with Crippen molar-refractivity contribution >= 4 is 29.1 Å².